The van der Waals surface area contributed by atoms with Gasteiger partial charge in [-0.15, -0.1) is 0 Å². The van der Waals surface area contributed by atoms with Crippen molar-refractivity contribution in [1.82, 2.24) is 4.90 Å². The van der Waals surface area contributed by atoms with E-state index >= 15 is 0 Å². The Balaban J connectivity index is 1.80. The molecule has 1 fully saturated rings. The average Bonchev–Trinajstić information content (AvgIpc) is 3.28. The van der Waals surface area contributed by atoms with E-state index in [4.69, 9.17) is 16.6 Å². The Kier molecular flexibility index (Phi) is 7.21. The zero-order chi connectivity index (χ0) is 21.0. The second-order valence-electron chi connectivity index (χ2n) is 6.44. The molecule has 2 heterocycles. The maximum atomic E-state index is 12.8. The first-order valence-corrected chi connectivity index (χ1v) is 11.7. The van der Waals surface area contributed by atoms with Crippen molar-refractivity contribution in [2.45, 2.75) is 25.8 Å². The third kappa shape index (κ3) is 4.94. The second kappa shape index (κ2) is 9.65. The zero-order valence-corrected chi connectivity index (χ0v) is 18.5. The molecule has 0 spiro atoms. The van der Waals surface area contributed by atoms with E-state index in [9.17, 15) is 14.7 Å². The van der Waals surface area contributed by atoms with Crippen molar-refractivity contribution < 1.29 is 19.1 Å². The number of carboxylic acid groups (broad SMARTS) is 1. The van der Waals surface area contributed by atoms with E-state index in [1.807, 2.05) is 24.5 Å². The third-order valence-electron chi connectivity index (χ3n) is 4.56. The molecule has 1 saturated heterocycles. The van der Waals surface area contributed by atoms with Crippen LogP contribution in [0.4, 0.5) is 0 Å². The standard InChI is InChI=1S/C21H21NO4S3/c1-3-13-4-6-14(7-5-13)17-9-8-15(26-17)12-18-19(23)22(21(27)29-18)16(20(24)25)10-11-28-2/h4-9,12,16H,3,10-11H2,1-2H3,(H,24,25)/b18-12-/t16-/m1/s1. The maximum Gasteiger partial charge on any atom is 0.326 e. The molecule has 8 heteroatoms. The van der Waals surface area contributed by atoms with E-state index in [1.165, 1.54) is 22.2 Å². The first kappa shape index (κ1) is 21.7. The van der Waals surface area contributed by atoms with Gasteiger partial charge in [0.1, 0.15) is 21.9 Å². The molecule has 0 unspecified atom stereocenters. The Morgan fingerprint density at radius 1 is 1.31 bits per heavy atom. The van der Waals surface area contributed by atoms with E-state index in [-0.39, 0.29) is 4.32 Å². The molecule has 0 radical (unpaired) electrons. The van der Waals surface area contributed by atoms with E-state index in [1.54, 1.807) is 12.1 Å². The lowest BCUT2D eigenvalue weighted by molar-refractivity contribution is -0.145. The Bertz CT molecular complexity index is 949. The SMILES string of the molecule is CCc1ccc(-c2ccc(/C=C3\SC(=S)N([C@H](CCSC)C(=O)O)C3=O)o2)cc1. The molecule has 1 aliphatic heterocycles. The summed E-state index contributed by atoms with van der Waals surface area (Å²) in [5.74, 6) is 0.422. The van der Waals surface area contributed by atoms with Crippen LogP contribution in [-0.4, -0.2) is 44.3 Å². The van der Waals surface area contributed by atoms with Crippen LogP contribution in [0.5, 0.6) is 0 Å². The number of benzene rings is 1. The number of carboxylic acids is 1. The fourth-order valence-corrected chi connectivity index (χ4v) is 4.76. The van der Waals surface area contributed by atoms with E-state index in [2.05, 4.69) is 19.1 Å². The Morgan fingerprint density at radius 3 is 2.66 bits per heavy atom. The summed E-state index contributed by atoms with van der Waals surface area (Å²) in [6.07, 6.45) is 4.83. The number of rotatable bonds is 8. The second-order valence-corrected chi connectivity index (χ2v) is 9.10. The summed E-state index contributed by atoms with van der Waals surface area (Å²) < 4.78 is 6.13. The van der Waals surface area contributed by atoms with Crippen LogP contribution in [0, 0.1) is 0 Å². The fraction of sp³-hybridized carbons (Fsp3) is 0.286. The van der Waals surface area contributed by atoms with Crippen LogP contribution in [0.3, 0.4) is 0 Å². The van der Waals surface area contributed by atoms with Gasteiger partial charge in [-0.05, 0) is 42.5 Å². The smallest absolute Gasteiger partial charge is 0.326 e. The van der Waals surface area contributed by atoms with Gasteiger partial charge in [0.15, 0.2) is 0 Å². The number of carbonyl (C=O) groups excluding carboxylic acids is 1. The van der Waals surface area contributed by atoms with Gasteiger partial charge >= 0.3 is 5.97 Å². The van der Waals surface area contributed by atoms with Gasteiger partial charge in [0, 0.05) is 11.6 Å². The quantitative estimate of drug-likeness (QED) is 0.455. The molecule has 3 rings (SSSR count). The molecule has 5 nitrogen and oxygen atoms in total. The molecular weight excluding hydrogens is 426 g/mol. The first-order chi connectivity index (χ1) is 13.9. The Labute approximate surface area is 183 Å². The Hall–Kier alpha value is -2.03. The predicted molar refractivity (Wildman–Crippen MR) is 123 cm³/mol. The van der Waals surface area contributed by atoms with Gasteiger partial charge in [-0.3, -0.25) is 9.69 Å². The van der Waals surface area contributed by atoms with E-state index in [0.717, 1.165) is 23.7 Å². The topological polar surface area (TPSA) is 70.8 Å². The van der Waals surface area contributed by atoms with Crippen LogP contribution in [-0.2, 0) is 16.0 Å². The summed E-state index contributed by atoms with van der Waals surface area (Å²) in [7, 11) is 0. The minimum absolute atomic E-state index is 0.261. The number of aliphatic carboxylic acids is 1. The highest BCUT2D eigenvalue weighted by Crippen LogP contribution is 2.35. The summed E-state index contributed by atoms with van der Waals surface area (Å²) in [4.78, 5) is 26.0. The monoisotopic (exact) mass is 447 g/mol. The molecule has 0 aliphatic carbocycles. The van der Waals surface area contributed by atoms with Gasteiger partial charge in [-0.25, -0.2) is 4.79 Å². The van der Waals surface area contributed by atoms with E-state index < -0.39 is 17.9 Å². The molecule has 152 valence electrons. The van der Waals surface area contributed by atoms with Gasteiger partial charge < -0.3 is 9.52 Å². The lowest BCUT2D eigenvalue weighted by Crippen LogP contribution is -2.44. The molecule has 1 aromatic heterocycles. The van der Waals surface area contributed by atoms with Crippen LogP contribution in [0.15, 0.2) is 45.7 Å². The lowest BCUT2D eigenvalue weighted by atomic mass is 10.1. The van der Waals surface area contributed by atoms with E-state index in [0.29, 0.717) is 28.6 Å². The molecule has 1 aromatic carbocycles. The highest BCUT2D eigenvalue weighted by molar-refractivity contribution is 8.26. The summed E-state index contributed by atoms with van der Waals surface area (Å²) in [6, 6.07) is 10.8. The van der Waals surface area contributed by atoms with Gasteiger partial charge in [0.05, 0.1) is 4.91 Å². The van der Waals surface area contributed by atoms with Gasteiger partial charge in [-0.1, -0.05) is 55.2 Å². The largest absolute Gasteiger partial charge is 0.480 e. The number of hydrogen-bond acceptors (Lipinski definition) is 6. The van der Waals surface area contributed by atoms with Crippen LogP contribution in [0.2, 0.25) is 0 Å². The predicted octanol–water partition coefficient (Wildman–Crippen LogP) is 4.92. The summed E-state index contributed by atoms with van der Waals surface area (Å²) in [6.45, 7) is 2.10. The molecule has 1 atom stereocenters. The van der Waals surface area contributed by atoms with Crippen LogP contribution >= 0.6 is 35.7 Å². The van der Waals surface area contributed by atoms with Gasteiger partial charge in [-0.2, -0.15) is 11.8 Å². The summed E-state index contributed by atoms with van der Waals surface area (Å²) in [5.41, 5.74) is 2.20. The molecule has 1 N–H and O–H groups in total. The van der Waals surface area contributed by atoms with Crippen molar-refractivity contribution in [1.29, 1.82) is 0 Å². The zero-order valence-electron chi connectivity index (χ0n) is 16.1. The number of amides is 1. The molecule has 2 aromatic rings. The molecule has 29 heavy (non-hydrogen) atoms. The summed E-state index contributed by atoms with van der Waals surface area (Å²) >= 11 is 7.93. The minimum Gasteiger partial charge on any atom is -0.480 e. The lowest BCUT2D eigenvalue weighted by Gasteiger charge is -2.22. The normalized spacial score (nSPS) is 16.6. The van der Waals surface area contributed by atoms with Crippen molar-refractivity contribution in [2.24, 2.45) is 0 Å². The number of furan rings is 1. The number of thioether (sulfide) groups is 2. The number of nitrogens with zero attached hydrogens (tertiary/aromatic N) is 1. The number of carbonyl (C=O) groups is 2. The highest BCUT2D eigenvalue weighted by Gasteiger charge is 2.40. The van der Waals surface area contributed by atoms with Crippen molar-refractivity contribution in [3.63, 3.8) is 0 Å². The molecule has 0 bridgehead atoms. The molecular formula is C21H21NO4S3. The van der Waals surface area contributed by atoms with Crippen molar-refractivity contribution >= 4 is 58.0 Å². The van der Waals surface area contributed by atoms with Crippen LogP contribution < -0.4 is 0 Å². The summed E-state index contributed by atoms with van der Waals surface area (Å²) in [5, 5.41) is 9.53. The Morgan fingerprint density at radius 2 is 2.03 bits per heavy atom. The van der Waals surface area contributed by atoms with Gasteiger partial charge in [0.2, 0.25) is 0 Å². The molecule has 0 saturated carbocycles. The third-order valence-corrected chi connectivity index (χ3v) is 6.54. The van der Waals surface area contributed by atoms with Crippen LogP contribution in [0.25, 0.3) is 17.4 Å². The first-order valence-electron chi connectivity index (χ1n) is 9.12. The highest BCUT2D eigenvalue weighted by atomic mass is 32.2. The average molecular weight is 448 g/mol. The van der Waals surface area contributed by atoms with Gasteiger partial charge in [0.25, 0.3) is 5.91 Å². The van der Waals surface area contributed by atoms with Crippen molar-refractivity contribution in [3.8, 4) is 11.3 Å². The number of hydrogen-bond donors (Lipinski definition) is 1. The molecule has 1 aliphatic rings. The van der Waals surface area contributed by atoms with Crippen molar-refractivity contribution in [2.75, 3.05) is 12.0 Å². The van der Waals surface area contributed by atoms with Crippen molar-refractivity contribution in [3.05, 3.63) is 52.6 Å². The maximum absolute atomic E-state index is 12.8. The van der Waals surface area contributed by atoms with Crippen LogP contribution in [0.1, 0.15) is 24.7 Å². The molecule has 1 amide bonds. The fourth-order valence-electron chi connectivity index (χ4n) is 2.96. The number of aryl methyl sites for hydroxylation is 1. The minimum atomic E-state index is -1.05. The number of thiocarbonyl (C=S) groups is 1.